The molecule has 0 spiro atoms. The molecule has 1 saturated heterocycles. The van der Waals surface area contributed by atoms with Crippen molar-refractivity contribution in [1.82, 2.24) is 4.90 Å². The fourth-order valence-electron chi connectivity index (χ4n) is 2.54. The minimum absolute atomic E-state index is 0.111. The van der Waals surface area contributed by atoms with Crippen molar-refractivity contribution in [1.29, 1.82) is 0 Å². The molecule has 2 aromatic rings. The average Bonchev–Trinajstić information content (AvgIpc) is 2.62. The molecule has 2 amide bonds. The summed E-state index contributed by atoms with van der Waals surface area (Å²) < 4.78 is 5.27. The first-order chi connectivity index (χ1) is 11.6. The summed E-state index contributed by atoms with van der Waals surface area (Å²) in [4.78, 5) is 26.8. The van der Waals surface area contributed by atoms with Crippen LogP contribution >= 0.6 is 11.6 Å². The highest BCUT2D eigenvalue weighted by atomic mass is 35.5. The third-order valence-electron chi connectivity index (χ3n) is 3.79. The first-order valence-corrected chi connectivity index (χ1v) is 8.06. The molecule has 1 heterocycles. The van der Waals surface area contributed by atoms with Gasteiger partial charge in [0, 0.05) is 23.7 Å². The highest BCUT2D eigenvalue weighted by Crippen LogP contribution is 2.20. The maximum atomic E-state index is 12.7. The van der Waals surface area contributed by atoms with Crippen LogP contribution in [0.4, 0.5) is 5.69 Å². The summed E-state index contributed by atoms with van der Waals surface area (Å²) in [7, 11) is 0. The molecule has 0 saturated carbocycles. The van der Waals surface area contributed by atoms with Crippen LogP contribution in [0, 0.1) is 0 Å². The fourth-order valence-corrected chi connectivity index (χ4v) is 2.73. The second-order valence-electron chi connectivity index (χ2n) is 5.41. The second kappa shape index (κ2) is 7.47. The molecule has 124 valence electrons. The molecule has 6 heteroatoms. The number of para-hydroxylation sites is 1. The van der Waals surface area contributed by atoms with Gasteiger partial charge < -0.3 is 15.0 Å². The molecule has 1 aliphatic rings. The lowest BCUT2D eigenvalue weighted by Gasteiger charge is -2.27. The van der Waals surface area contributed by atoms with Crippen molar-refractivity contribution in [3.63, 3.8) is 0 Å². The van der Waals surface area contributed by atoms with Crippen LogP contribution in [-0.4, -0.2) is 43.0 Å². The van der Waals surface area contributed by atoms with Crippen LogP contribution in [0.1, 0.15) is 20.7 Å². The number of ether oxygens (including phenoxy) is 1. The Kier molecular flexibility index (Phi) is 5.13. The monoisotopic (exact) mass is 344 g/mol. The molecule has 5 nitrogen and oxygen atoms in total. The van der Waals surface area contributed by atoms with Gasteiger partial charge in [0.1, 0.15) is 0 Å². The van der Waals surface area contributed by atoms with Crippen molar-refractivity contribution in [3.05, 3.63) is 64.7 Å². The van der Waals surface area contributed by atoms with E-state index in [2.05, 4.69) is 5.32 Å². The van der Waals surface area contributed by atoms with Crippen LogP contribution in [0.5, 0.6) is 0 Å². The van der Waals surface area contributed by atoms with Gasteiger partial charge in [0.15, 0.2) is 0 Å². The minimum atomic E-state index is -0.306. The highest BCUT2D eigenvalue weighted by molar-refractivity contribution is 6.31. The standard InChI is InChI=1S/C18H17ClN2O3/c19-14-5-3-4-13(12-14)17(22)20-16-7-2-1-6-15(16)18(23)21-8-10-24-11-9-21/h1-7,12H,8-11H2,(H,20,22). The molecule has 1 aliphatic heterocycles. The summed E-state index contributed by atoms with van der Waals surface area (Å²) in [6.45, 7) is 2.16. The van der Waals surface area contributed by atoms with E-state index in [1.54, 1.807) is 53.4 Å². The normalized spacial score (nSPS) is 14.3. The number of nitrogens with one attached hydrogen (secondary N) is 1. The number of carbonyl (C=O) groups is 2. The molecule has 0 unspecified atom stereocenters. The molecular weight excluding hydrogens is 328 g/mol. The molecule has 0 aromatic heterocycles. The Bertz CT molecular complexity index is 757. The predicted octanol–water partition coefficient (Wildman–Crippen LogP) is 3.06. The number of carbonyl (C=O) groups excluding carboxylic acids is 2. The largest absolute Gasteiger partial charge is 0.378 e. The van der Waals surface area contributed by atoms with Crippen molar-refractivity contribution >= 4 is 29.1 Å². The van der Waals surface area contributed by atoms with Gasteiger partial charge in [-0.25, -0.2) is 0 Å². The van der Waals surface area contributed by atoms with Gasteiger partial charge in [0.2, 0.25) is 0 Å². The summed E-state index contributed by atoms with van der Waals surface area (Å²) in [5.74, 6) is -0.417. The van der Waals surface area contributed by atoms with Crippen molar-refractivity contribution in [2.45, 2.75) is 0 Å². The SMILES string of the molecule is O=C(Nc1ccccc1C(=O)N1CCOCC1)c1cccc(Cl)c1. The third-order valence-corrected chi connectivity index (χ3v) is 4.03. The summed E-state index contributed by atoms with van der Waals surface area (Å²) in [5.41, 5.74) is 1.39. The Morgan fingerprint density at radius 2 is 1.79 bits per heavy atom. The number of halogens is 1. The van der Waals surface area contributed by atoms with E-state index in [1.807, 2.05) is 0 Å². The zero-order valence-corrected chi connectivity index (χ0v) is 13.8. The third kappa shape index (κ3) is 3.75. The number of morpholine rings is 1. The Balaban J connectivity index is 1.81. The summed E-state index contributed by atoms with van der Waals surface area (Å²) in [6.07, 6.45) is 0. The number of amides is 2. The molecule has 2 aromatic carbocycles. The van der Waals surface area contributed by atoms with E-state index in [0.717, 1.165) is 0 Å². The van der Waals surface area contributed by atoms with Gasteiger partial charge in [-0.3, -0.25) is 9.59 Å². The molecule has 0 atom stereocenters. The van der Waals surface area contributed by atoms with Crippen molar-refractivity contribution in [3.8, 4) is 0 Å². The van der Waals surface area contributed by atoms with Crippen LogP contribution in [0.2, 0.25) is 5.02 Å². The molecule has 1 N–H and O–H groups in total. The fraction of sp³-hybridized carbons (Fsp3) is 0.222. The second-order valence-corrected chi connectivity index (χ2v) is 5.85. The van der Waals surface area contributed by atoms with Crippen molar-refractivity contribution < 1.29 is 14.3 Å². The average molecular weight is 345 g/mol. The number of hydrogen-bond acceptors (Lipinski definition) is 3. The highest BCUT2D eigenvalue weighted by Gasteiger charge is 2.21. The van der Waals surface area contributed by atoms with Crippen LogP contribution in [0.3, 0.4) is 0 Å². The van der Waals surface area contributed by atoms with E-state index < -0.39 is 0 Å². The Hall–Kier alpha value is -2.37. The van der Waals surface area contributed by atoms with Crippen molar-refractivity contribution in [2.75, 3.05) is 31.6 Å². The lowest BCUT2D eigenvalue weighted by atomic mass is 10.1. The summed E-state index contributed by atoms with van der Waals surface area (Å²) in [6, 6.07) is 13.7. The maximum absolute atomic E-state index is 12.7. The van der Waals surface area contributed by atoms with Crippen LogP contribution in [0.25, 0.3) is 0 Å². The van der Waals surface area contributed by atoms with Gasteiger partial charge in [-0.05, 0) is 30.3 Å². The molecule has 1 fully saturated rings. The van der Waals surface area contributed by atoms with Gasteiger partial charge in [-0.15, -0.1) is 0 Å². The predicted molar refractivity (Wildman–Crippen MR) is 92.6 cm³/mol. The number of benzene rings is 2. The Morgan fingerprint density at radius 1 is 1.04 bits per heavy atom. The first-order valence-electron chi connectivity index (χ1n) is 7.68. The van der Waals surface area contributed by atoms with Crippen LogP contribution < -0.4 is 5.32 Å². The van der Waals surface area contributed by atoms with Gasteiger partial charge >= 0.3 is 0 Å². The quantitative estimate of drug-likeness (QED) is 0.931. The van der Waals surface area contributed by atoms with E-state index >= 15 is 0 Å². The zero-order valence-electron chi connectivity index (χ0n) is 13.0. The Labute approximate surface area is 145 Å². The minimum Gasteiger partial charge on any atom is -0.378 e. The maximum Gasteiger partial charge on any atom is 0.256 e. The molecule has 24 heavy (non-hydrogen) atoms. The van der Waals surface area contributed by atoms with Crippen molar-refractivity contribution in [2.24, 2.45) is 0 Å². The van der Waals surface area contributed by atoms with E-state index in [-0.39, 0.29) is 11.8 Å². The zero-order chi connectivity index (χ0) is 16.9. The smallest absolute Gasteiger partial charge is 0.256 e. The molecule has 0 aliphatic carbocycles. The number of nitrogens with zero attached hydrogens (tertiary/aromatic N) is 1. The number of anilines is 1. The molecular formula is C18H17ClN2O3. The summed E-state index contributed by atoms with van der Waals surface area (Å²) in [5, 5.41) is 3.28. The lowest BCUT2D eigenvalue weighted by Crippen LogP contribution is -2.41. The number of rotatable bonds is 3. The van der Waals surface area contributed by atoms with E-state index in [4.69, 9.17) is 16.3 Å². The van der Waals surface area contributed by atoms with Gasteiger partial charge in [0.25, 0.3) is 11.8 Å². The Morgan fingerprint density at radius 3 is 2.54 bits per heavy atom. The first kappa shape index (κ1) is 16.5. The van der Waals surface area contributed by atoms with Crippen LogP contribution in [0.15, 0.2) is 48.5 Å². The van der Waals surface area contributed by atoms with Gasteiger partial charge in [0.05, 0.1) is 24.5 Å². The molecule has 0 radical (unpaired) electrons. The van der Waals surface area contributed by atoms with Gasteiger partial charge in [-0.2, -0.15) is 0 Å². The number of hydrogen-bond donors (Lipinski definition) is 1. The van der Waals surface area contributed by atoms with E-state index in [9.17, 15) is 9.59 Å². The van der Waals surface area contributed by atoms with Crippen LogP contribution in [-0.2, 0) is 4.74 Å². The van der Waals surface area contributed by atoms with E-state index in [0.29, 0.717) is 48.1 Å². The molecule has 0 bridgehead atoms. The lowest BCUT2D eigenvalue weighted by molar-refractivity contribution is 0.0303. The van der Waals surface area contributed by atoms with Gasteiger partial charge in [-0.1, -0.05) is 29.8 Å². The van der Waals surface area contributed by atoms with E-state index in [1.165, 1.54) is 0 Å². The topological polar surface area (TPSA) is 58.6 Å². The molecule has 3 rings (SSSR count). The summed E-state index contributed by atoms with van der Waals surface area (Å²) >= 11 is 5.92.